The van der Waals surface area contributed by atoms with E-state index in [1.807, 2.05) is 0 Å². The highest BCUT2D eigenvalue weighted by Crippen LogP contribution is 2.12. The number of hydrogen-bond donors (Lipinski definition) is 2. The van der Waals surface area contributed by atoms with Gasteiger partial charge in [-0.15, -0.1) is 0 Å². The van der Waals surface area contributed by atoms with Crippen molar-refractivity contribution in [3.63, 3.8) is 0 Å². The highest BCUT2D eigenvalue weighted by Gasteiger charge is 2.16. The van der Waals surface area contributed by atoms with Crippen molar-refractivity contribution < 1.29 is 8.42 Å². The number of rotatable bonds is 9. The second-order valence-electron chi connectivity index (χ2n) is 4.84. The van der Waals surface area contributed by atoms with Crippen molar-refractivity contribution in [2.45, 2.75) is 44.9 Å². The molecule has 114 valence electrons. The Hall–Kier alpha value is -1.14. The third-order valence-corrected chi connectivity index (χ3v) is 4.73. The molecule has 0 saturated heterocycles. The molecule has 0 spiro atoms. The Kier molecular flexibility index (Phi) is 6.95. The van der Waals surface area contributed by atoms with Crippen molar-refractivity contribution >= 4 is 15.8 Å². The number of hydrogen-bond acceptors (Lipinski definition) is 4. The molecule has 0 radical (unpaired) electrons. The molecule has 0 amide bonds. The van der Waals surface area contributed by atoms with Crippen molar-refractivity contribution in [3.8, 4) is 0 Å². The number of anilines is 1. The third-order valence-electron chi connectivity index (χ3n) is 3.32. The summed E-state index contributed by atoms with van der Waals surface area (Å²) in [7, 11) is -3.45. The van der Waals surface area contributed by atoms with Gasteiger partial charge >= 0.3 is 0 Å². The number of sulfonamides is 1. The lowest BCUT2D eigenvalue weighted by Gasteiger charge is -2.13. The second kappa shape index (κ2) is 8.21. The fourth-order valence-corrected chi connectivity index (χ4v) is 2.85. The molecule has 1 heterocycles. The zero-order chi connectivity index (χ0) is 15.0. The molecule has 0 unspecified atom stereocenters. The molecule has 2 N–H and O–H groups in total. The maximum absolute atomic E-state index is 12.1. The van der Waals surface area contributed by atoms with Gasteiger partial charge in [0.1, 0.15) is 10.7 Å². The number of nitrogens with zero attached hydrogens (tertiary/aromatic N) is 1. The zero-order valence-electron chi connectivity index (χ0n) is 12.5. The summed E-state index contributed by atoms with van der Waals surface area (Å²) in [6.07, 6.45) is 4.33. The molecule has 0 aliphatic carbocycles. The van der Waals surface area contributed by atoms with E-state index in [1.54, 1.807) is 12.1 Å². The zero-order valence-corrected chi connectivity index (χ0v) is 13.3. The summed E-state index contributed by atoms with van der Waals surface area (Å²) >= 11 is 0. The molecule has 0 fully saturated rings. The second-order valence-corrected chi connectivity index (χ2v) is 6.61. The summed E-state index contributed by atoms with van der Waals surface area (Å²) in [5.41, 5.74) is 0. The van der Waals surface area contributed by atoms with E-state index < -0.39 is 10.0 Å². The lowest BCUT2D eigenvalue weighted by molar-refractivity contribution is 0.479. The van der Waals surface area contributed by atoms with Crippen molar-refractivity contribution in [2.75, 3.05) is 18.4 Å². The van der Waals surface area contributed by atoms with E-state index >= 15 is 0 Å². The predicted molar refractivity (Wildman–Crippen MR) is 82.3 cm³/mol. The first kappa shape index (κ1) is 16.9. The Morgan fingerprint density at radius 2 is 1.90 bits per heavy atom. The highest BCUT2D eigenvalue weighted by molar-refractivity contribution is 7.89. The Balaban J connectivity index is 2.67. The van der Waals surface area contributed by atoms with Crippen LogP contribution in [0.1, 0.15) is 40.0 Å². The predicted octanol–water partition coefficient (Wildman–Crippen LogP) is 2.62. The van der Waals surface area contributed by atoms with Gasteiger partial charge in [0, 0.05) is 19.3 Å². The quantitative estimate of drug-likeness (QED) is 0.735. The van der Waals surface area contributed by atoms with Crippen LogP contribution in [-0.2, 0) is 10.0 Å². The van der Waals surface area contributed by atoms with Crippen LogP contribution >= 0.6 is 0 Å². The van der Waals surface area contributed by atoms with Gasteiger partial charge in [0.05, 0.1) is 0 Å². The average molecular weight is 299 g/mol. The van der Waals surface area contributed by atoms with Gasteiger partial charge in [-0.1, -0.05) is 33.6 Å². The lowest BCUT2D eigenvalue weighted by Crippen LogP contribution is -2.29. The van der Waals surface area contributed by atoms with Gasteiger partial charge < -0.3 is 5.32 Å². The average Bonchev–Trinajstić information content (AvgIpc) is 2.46. The van der Waals surface area contributed by atoms with Gasteiger partial charge in [0.15, 0.2) is 0 Å². The van der Waals surface area contributed by atoms with Crippen LogP contribution in [-0.4, -0.2) is 26.5 Å². The van der Waals surface area contributed by atoms with E-state index in [-0.39, 0.29) is 4.90 Å². The molecule has 5 nitrogen and oxygen atoms in total. The van der Waals surface area contributed by atoms with Gasteiger partial charge in [0.2, 0.25) is 10.0 Å². The monoisotopic (exact) mass is 299 g/mol. The van der Waals surface area contributed by atoms with Crippen molar-refractivity contribution in [1.82, 2.24) is 9.71 Å². The van der Waals surface area contributed by atoms with Crippen LogP contribution in [0.25, 0.3) is 0 Å². The summed E-state index contributed by atoms with van der Waals surface area (Å²) in [5, 5.41) is 3.12. The highest BCUT2D eigenvalue weighted by atomic mass is 32.2. The van der Waals surface area contributed by atoms with Crippen LogP contribution in [0.3, 0.4) is 0 Å². The van der Waals surface area contributed by atoms with Gasteiger partial charge in [-0.3, -0.25) is 0 Å². The lowest BCUT2D eigenvalue weighted by atomic mass is 10.0. The van der Waals surface area contributed by atoms with Crippen LogP contribution in [0.4, 0.5) is 5.82 Å². The van der Waals surface area contributed by atoms with Crippen molar-refractivity contribution in [2.24, 2.45) is 5.92 Å². The molecule has 1 aromatic heterocycles. The van der Waals surface area contributed by atoms with Crippen LogP contribution < -0.4 is 10.0 Å². The molecule has 0 bridgehead atoms. The number of aromatic nitrogens is 1. The first-order valence-corrected chi connectivity index (χ1v) is 8.71. The van der Waals surface area contributed by atoms with E-state index in [0.717, 1.165) is 25.8 Å². The largest absolute Gasteiger partial charge is 0.370 e. The van der Waals surface area contributed by atoms with Crippen LogP contribution in [0.15, 0.2) is 23.2 Å². The molecule has 0 aromatic carbocycles. The Morgan fingerprint density at radius 3 is 2.40 bits per heavy atom. The third kappa shape index (κ3) is 5.09. The van der Waals surface area contributed by atoms with E-state index in [9.17, 15) is 8.42 Å². The molecule has 0 saturated carbocycles. The standard InChI is InChI=1S/C14H25N3O2S/c1-4-9-15-14-8-7-13(11-16-14)20(18,19)17-10-12(5-2)6-3/h7-8,11-12,17H,4-6,9-10H2,1-3H3,(H,15,16). The smallest absolute Gasteiger partial charge is 0.242 e. The van der Waals surface area contributed by atoms with Gasteiger partial charge in [0.25, 0.3) is 0 Å². The molecule has 6 heteroatoms. The Morgan fingerprint density at radius 1 is 1.20 bits per heavy atom. The SMILES string of the molecule is CCCNc1ccc(S(=O)(=O)NCC(CC)CC)cn1. The summed E-state index contributed by atoms with van der Waals surface area (Å²) in [6.45, 7) is 7.50. The Labute approximate surface area is 122 Å². The van der Waals surface area contributed by atoms with Gasteiger partial charge in [-0.05, 0) is 24.5 Å². The summed E-state index contributed by atoms with van der Waals surface area (Å²) < 4.78 is 26.9. The van der Waals surface area contributed by atoms with Crippen LogP contribution in [0.2, 0.25) is 0 Å². The maximum Gasteiger partial charge on any atom is 0.242 e. The Bertz CT molecular complexity index is 482. The topological polar surface area (TPSA) is 71.1 Å². The van der Waals surface area contributed by atoms with Gasteiger partial charge in [-0.2, -0.15) is 0 Å². The molecular weight excluding hydrogens is 274 g/mol. The van der Waals surface area contributed by atoms with E-state index in [0.29, 0.717) is 18.3 Å². The minimum Gasteiger partial charge on any atom is -0.370 e. The molecule has 20 heavy (non-hydrogen) atoms. The van der Waals surface area contributed by atoms with Crippen molar-refractivity contribution in [3.05, 3.63) is 18.3 Å². The van der Waals surface area contributed by atoms with Crippen LogP contribution in [0, 0.1) is 5.92 Å². The number of pyridine rings is 1. The molecule has 0 aliphatic rings. The molecule has 1 aromatic rings. The van der Waals surface area contributed by atoms with E-state index in [4.69, 9.17) is 0 Å². The molecule has 0 aliphatic heterocycles. The van der Waals surface area contributed by atoms with Crippen molar-refractivity contribution in [1.29, 1.82) is 0 Å². The van der Waals surface area contributed by atoms with Crippen LogP contribution in [0.5, 0.6) is 0 Å². The fraction of sp³-hybridized carbons (Fsp3) is 0.643. The summed E-state index contributed by atoms with van der Waals surface area (Å²) in [4.78, 5) is 4.33. The molecular formula is C14H25N3O2S. The molecule has 0 atom stereocenters. The first-order valence-electron chi connectivity index (χ1n) is 7.23. The normalized spacial score (nSPS) is 11.8. The first-order chi connectivity index (χ1) is 9.53. The summed E-state index contributed by atoms with van der Waals surface area (Å²) in [6, 6.07) is 3.28. The maximum atomic E-state index is 12.1. The van der Waals surface area contributed by atoms with E-state index in [1.165, 1.54) is 6.20 Å². The minimum absolute atomic E-state index is 0.213. The fourth-order valence-electron chi connectivity index (χ4n) is 1.79. The summed E-state index contributed by atoms with van der Waals surface area (Å²) in [5.74, 6) is 1.08. The minimum atomic E-state index is -3.45. The van der Waals surface area contributed by atoms with Gasteiger partial charge in [-0.25, -0.2) is 18.1 Å². The molecule has 1 rings (SSSR count). The van der Waals surface area contributed by atoms with E-state index in [2.05, 4.69) is 35.8 Å². The number of nitrogens with one attached hydrogen (secondary N) is 2.